The molecule has 0 bridgehead atoms. The summed E-state index contributed by atoms with van der Waals surface area (Å²) in [7, 11) is 0. The maximum absolute atomic E-state index is 12.4. The molecule has 11 heteroatoms. The van der Waals surface area contributed by atoms with E-state index in [4.69, 9.17) is 0 Å². The minimum Gasteiger partial charge on any atom is -0.484 e. The highest BCUT2D eigenvalue weighted by Crippen LogP contribution is 2.28. The first-order valence-corrected chi connectivity index (χ1v) is 8.17. The molecular formula is C18H16F6N2O3. The lowest BCUT2D eigenvalue weighted by atomic mass is 10.1. The second-order valence-electron chi connectivity index (χ2n) is 5.92. The maximum atomic E-state index is 12.4. The van der Waals surface area contributed by atoms with Gasteiger partial charge < -0.3 is 14.8 Å². The zero-order valence-electron chi connectivity index (χ0n) is 15.0. The van der Waals surface area contributed by atoms with E-state index in [-0.39, 0.29) is 12.3 Å². The first kappa shape index (κ1) is 22.3. The highest BCUT2D eigenvalue weighted by atomic mass is 19.4. The van der Waals surface area contributed by atoms with Crippen molar-refractivity contribution in [3.8, 4) is 11.5 Å². The Labute approximate surface area is 161 Å². The Hall–Kier alpha value is -2.98. The smallest absolute Gasteiger partial charge is 0.422 e. The van der Waals surface area contributed by atoms with Gasteiger partial charge in [0.05, 0.1) is 17.8 Å². The first-order chi connectivity index (χ1) is 13.4. The molecule has 0 aliphatic rings. The van der Waals surface area contributed by atoms with Crippen LogP contribution in [0.4, 0.5) is 26.3 Å². The Morgan fingerprint density at radius 1 is 1.00 bits per heavy atom. The van der Waals surface area contributed by atoms with Gasteiger partial charge in [-0.1, -0.05) is 6.07 Å². The van der Waals surface area contributed by atoms with Crippen molar-refractivity contribution in [2.75, 3.05) is 13.2 Å². The van der Waals surface area contributed by atoms with Crippen LogP contribution in [0.3, 0.4) is 0 Å². The minimum absolute atomic E-state index is 0.0487. The van der Waals surface area contributed by atoms with Crippen LogP contribution < -0.4 is 14.8 Å². The Balaban J connectivity index is 2.19. The fraction of sp³-hybridized carbons (Fsp3) is 0.333. The molecule has 2 rings (SSSR count). The average Bonchev–Trinajstić information content (AvgIpc) is 2.62. The summed E-state index contributed by atoms with van der Waals surface area (Å²) in [4.78, 5) is 16.6. The number of ether oxygens (including phenoxy) is 2. The molecule has 158 valence electrons. The van der Waals surface area contributed by atoms with Gasteiger partial charge in [0.25, 0.3) is 5.91 Å². The molecule has 1 aromatic heterocycles. The Bertz CT molecular complexity index is 852. The van der Waals surface area contributed by atoms with E-state index in [0.29, 0.717) is 11.4 Å². The zero-order valence-corrected chi connectivity index (χ0v) is 15.0. The summed E-state index contributed by atoms with van der Waals surface area (Å²) < 4.78 is 83.4. The third kappa shape index (κ3) is 7.88. The highest BCUT2D eigenvalue weighted by Gasteiger charge is 2.30. The van der Waals surface area contributed by atoms with Crippen LogP contribution in [-0.4, -0.2) is 36.5 Å². The van der Waals surface area contributed by atoms with Crippen molar-refractivity contribution in [2.45, 2.75) is 25.8 Å². The summed E-state index contributed by atoms with van der Waals surface area (Å²) in [5.41, 5.74) is 0.774. The summed E-state index contributed by atoms with van der Waals surface area (Å²) in [6.07, 6.45) is -9.28. The van der Waals surface area contributed by atoms with Gasteiger partial charge in [-0.2, -0.15) is 26.3 Å². The number of pyridine rings is 1. The topological polar surface area (TPSA) is 60.5 Å². The SMILES string of the molecule is Cc1cccc(CNC(=O)c2cc(OCC(F)(F)F)ccc2OCC(F)(F)F)n1. The molecule has 1 N–H and O–H groups in total. The van der Waals surface area contributed by atoms with Gasteiger partial charge in [0, 0.05) is 5.69 Å². The van der Waals surface area contributed by atoms with Gasteiger partial charge >= 0.3 is 12.4 Å². The molecule has 0 unspecified atom stereocenters. The van der Waals surface area contributed by atoms with Crippen molar-refractivity contribution in [2.24, 2.45) is 0 Å². The molecule has 0 spiro atoms. The molecule has 1 heterocycles. The largest absolute Gasteiger partial charge is 0.484 e. The summed E-state index contributed by atoms with van der Waals surface area (Å²) in [5, 5.41) is 2.44. The second kappa shape index (κ2) is 9.01. The van der Waals surface area contributed by atoms with Gasteiger partial charge in [0.2, 0.25) is 0 Å². The van der Waals surface area contributed by atoms with Crippen LogP contribution in [0.1, 0.15) is 21.7 Å². The van der Waals surface area contributed by atoms with Gasteiger partial charge in [-0.05, 0) is 37.3 Å². The second-order valence-corrected chi connectivity index (χ2v) is 5.92. The fourth-order valence-corrected chi connectivity index (χ4v) is 2.19. The fourth-order valence-electron chi connectivity index (χ4n) is 2.19. The number of alkyl halides is 6. The summed E-state index contributed by atoms with van der Waals surface area (Å²) in [5.74, 6) is -1.65. The summed E-state index contributed by atoms with van der Waals surface area (Å²) >= 11 is 0. The molecule has 0 aliphatic heterocycles. The van der Waals surface area contributed by atoms with E-state index < -0.39 is 42.8 Å². The van der Waals surface area contributed by atoms with E-state index in [1.165, 1.54) is 0 Å². The molecule has 0 aliphatic carbocycles. The standard InChI is InChI=1S/C18H16F6N2O3/c1-11-3-2-4-12(26-11)8-25-16(27)14-7-13(28-9-17(19,20)21)5-6-15(14)29-10-18(22,23)24/h2-7H,8-10H2,1H3,(H,25,27). The van der Waals surface area contributed by atoms with Gasteiger partial charge in [-0.15, -0.1) is 0 Å². The third-order valence-electron chi connectivity index (χ3n) is 3.37. The first-order valence-electron chi connectivity index (χ1n) is 8.17. The van der Waals surface area contributed by atoms with Gasteiger partial charge in [-0.3, -0.25) is 9.78 Å². The van der Waals surface area contributed by atoms with E-state index in [1.54, 1.807) is 25.1 Å². The van der Waals surface area contributed by atoms with Crippen molar-refractivity contribution in [1.82, 2.24) is 10.3 Å². The van der Waals surface area contributed by atoms with E-state index >= 15 is 0 Å². The molecule has 2 aromatic rings. The van der Waals surface area contributed by atoms with Crippen LogP contribution in [0, 0.1) is 6.92 Å². The lowest BCUT2D eigenvalue weighted by Gasteiger charge is -2.15. The van der Waals surface area contributed by atoms with Crippen LogP contribution in [-0.2, 0) is 6.54 Å². The van der Waals surface area contributed by atoms with Crippen LogP contribution in [0.5, 0.6) is 11.5 Å². The molecule has 0 radical (unpaired) electrons. The molecule has 29 heavy (non-hydrogen) atoms. The molecule has 1 aromatic carbocycles. The number of aryl methyl sites for hydroxylation is 1. The number of rotatable bonds is 7. The predicted octanol–water partition coefficient (Wildman–Crippen LogP) is 4.20. The molecule has 0 saturated heterocycles. The molecule has 5 nitrogen and oxygen atoms in total. The van der Waals surface area contributed by atoms with Crippen molar-refractivity contribution in [3.63, 3.8) is 0 Å². The lowest BCUT2D eigenvalue weighted by molar-refractivity contribution is -0.154. The predicted molar refractivity (Wildman–Crippen MR) is 89.7 cm³/mol. The maximum Gasteiger partial charge on any atom is 0.422 e. The lowest BCUT2D eigenvalue weighted by Crippen LogP contribution is -2.26. The number of hydrogen-bond acceptors (Lipinski definition) is 4. The van der Waals surface area contributed by atoms with Crippen molar-refractivity contribution in [1.29, 1.82) is 0 Å². The number of aromatic nitrogens is 1. The number of carbonyl (C=O) groups is 1. The Morgan fingerprint density at radius 3 is 2.28 bits per heavy atom. The number of nitrogens with one attached hydrogen (secondary N) is 1. The zero-order chi connectivity index (χ0) is 21.7. The van der Waals surface area contributed by atoms with Crippen LogP contribution in [0.25, 0.3) is 0 Å². The monoisotopic (exact) mass is 422 g/mol. The van der Waals surface area contributed by atoms with E-state index in [9.17, 15) is 31.1 Å². The number of nitrogens with zero attached hydrogens (tertiary/aromatic N) is 1. The summed E-state index contributed by atoms with van der Waals surface area (Å²) in [6, 6.07) is 7.87. The molecule has 0 fully saturated rings. The Morgan fingerprint density at radius 2 is 1.66 bits per heavy atom. The number of amides is 1. The van der Waals surface area contributed by atoms with E-state index in [1.807, 2.05) is 0 Å². The third-order valence-corrected chi connectivity index (χ3v) is 3.37. The number of carbonyl (C=O) groups excluding carboxylic acids is 1. The van der Waals surface area contributed by atoms with Gasteiger partial charge in [-0.25, -0.2) is 0 Å². The van der Waals surface area contributed by atoms with Crippen molar-refractivity contribution >= 4 is 5.91 Å². The normalized spacial score (nSPS) is 11.8. The average molecular weight is 422 g/mol. The van der Waals surface area contributed by atoms with E-state index in [0.717, 1.165) is 18.2 Å². The number of hydrogen-bond donors (Lipinski definition) is 1. The molecular weight excluding hydrogens is 406 g/mol. The Kier molecular flexibility index (Phi) is 6.93. The molecule has 0 atom stereocenters. The van der Waals surface area contributed by atoms with E-state index in [2.05, 4.69) is 19.8 Å². The molecule has 1 amide bonds. The highest BCUT2D eigenvalue weighted by molar-refractivity contribution is 5.97. The van der Waals surface area contributed by atoms with Gasteiger partial charge in [0.1, 0.15) is 11.5 Å². The molecule has 0 saturated carbocycles. The van der Waals surface area contributed by atoms with Crippen LogP contribution in [0.2, 0.25) is 0 Å². The van der Waals surface area contributed by atoms with Crippen molar-refractivity contribution < 1.29 is 40.6 Å². The van der Waals surface area contributed by atoms with Crippen LogP contribution >= 0.6 is 0 Å². The quantitative estimate of drug-likeness (QED) is 0.680. The summed E-state index contributed by atoms with van der Waals surface area (Å²) in [6.45, 7) is -1.61. The van der Waals surface area contributed by atoms with Crippen LogP contribution in [0.15, 0.2) is 36.4 Å². The number of benzene rings is 1. The van der Waals surface area contributed by atoms with Gasteiger partial charge in [0.15, 0.2) is 13.2 Å². The van der Waals surface area contributed by atoms with Crippen molar-refractivity contribution in [3.05, 3.63) is 53.3 Å². The number of halogens is 6. The minimum atomic E-state index is -4.66.